The van der Waals surface area contributed by atoms with Gasteiger partial charge in [-0.05, 0) is 48.9 Å². The van der Waals surface area contributed by atoms with E-state index in [2.05, 4.69) is 5.43 Å². The van der Waals surface area contributed by atoms with Gasteiger partial charge < -0.3 is 4.74 Å². The first-order valence-electron chi connectivity index (χ1n) is 6.69. The number of nitrogens with two attached hydrogens (primary N) is 1. The lowest BCUT2D eigenvalue weighted by atomic mass is 9.89. The van der Waals surface area contributed by atoms with Crippen molar-refractivity contribution in [1.29, 1.82) is 0 Å². The second kappa shape index (κ2) is 5.71. The Hall–Kier alpha value is -1.11. The monoisotopic (exact) mass is 298 g/mol. The number of hydrogen-bond acceptors (Lipinski definition) is 5. The Kier molecular flexibility index (Phi) is 4.36. The Balaban J connectivity index is 2.35. The number of methoxy groups -OCH3 is 1. The van der Waals surface area contributed by atoms with Crippen molar-refractivity contribution >= 4 is 9.84 Å². The summed E-state index contributed by atoms with van der Waals surface area (Å²) in [5.74, 6) is 7.00. The molecule has 1 saturated heterocycles. The summed E-state index contributed by atoms with van der Waals surface area (Å²) in [4.78, 5) is 0. The Morgan fingerprint density at radius 3 is 2.55 bits per heavy atom. The maximum absolute atomic E-state index is 11.7. The highest BCUT2D eigenvalue weighted by Gasteiger charge is 2.34. The molecular formula is C14H22N2O3S. The van der Waals surface area contributed by atoms with Crippen LogP contribution < -0.4 is 16.0 Å². The highest BCUT2D eigenvalue weighted by Crippen LogP contribution is 2.34. The van der Waals surface area contributed by atoms with Gasteiger partial charge in [0.25, 0.3) is 0 Å². The third kappa shape index (κ3) is 2.97. The van der Waals surface area contributed by atoms with Gasteiger partial charge >= 0.3 is 0 Å². The first kappa shape index (κ1) is 15.3. The molecule has 0 saturated carbocycles. The van der Waals surface area contributed by atoms with Crippen LogP contribution >= 0.6 is 0 Å². The maximum atomic E-state index is 11.7. The number of benzene rings is 1. The van der Waals surface area contributed by atoms with Crippen LogP contribution in [0.5, 0.6) is 5.75 Å². The number of aryl methyl sites for hydroxylation is 2. The van der Waals surface area contributed by atoms with E-state index in [1.807, 2.05) is 26.0 Å². The van der Waals surface area contributed by atoms with Crippen molar-refractivity contribution in [2.24, 2.45) is 11.8 Å². The molecule has 0 amide bonds. The van der Waals surface area contributed by atoms with Crippen LogP contribution in [0.2, 0.25) is 0 Å². The molecule has 2 atom stereocenters. The molecule has 20 heavy (non-hydrogen) atoms. The first-order chi connectivity index (χ1) is 9.38. The van der Waals surface area contributed by atoms with Gasteiger partial charge in [0.1, 0.15) is 5.75 Å². The normalized spacial score (nSPS) is 22.7. The van der Waals surface area contributed by atoms with Gasteiger partial charge in [-0.1, -0.05) is 6.07 Å². The largest absolute Gasteiger partial charge is 0.496 e. The van der Waals surface area contributed by atoms with Crippen molar-refractivity contribution in [3.63, 3.8) is 0 Å². The molecular weight excluding hydrogens is 276 g/mol. The SMILES string of the molecule is COc1cc(C)c(C(NN)C2CCS(=O)(=O)C2)cc1C. The van der Waals surface area contributed by atoms with Crippen LogP contribution in [0, 0.1) is 19.8 Å². The van der Waals surface area contributed by atoms with Gasteiger partial charge in [-0.2, -0.15) is 0 Å². The topological polar surface area (TPSA) is 81.4 Å². The lowest BCUT2D eigenvalue weighted by Gasteiger charge is -2.25. The van der Waals surface area contributed by atoms with E-state index in [1.165, 1.54) is 0 Å². The fourth-order valence-electron chi connectivity index (χ4n) is 2.93. The summed E-state index contributed by atoms with van der Waals surface area (Å²) in [6, 6.07) is 3.86. The number of nitrogens with one attached hydrogen (secondary N) is 1. The molecule has 0 bridgehead atoms. The van der Waals surface area contributed by atoms with Gasteiger partial charge in [0, 0.05) is 0 Å². The molecule has 0 radical (unpaired) electrons. The Morgan fingerprint density at radius 2 is 2.05 bits per heavy atom. The summed E-state index contributed by atoms with van der Waals surface area (Å²) >= 11 is 0. The fourth-order valence-corrected chi connectivity index (χ4v) is 4.77. The number of rotatable bonds is 4. The van der Waals surface area contributed by atoms with Crippen molar-refractivity contribution in [2.75, 3.05) is 18.6 Å². The highest BCUT2D eigenvalue weighted by atomic mass is 32.2. The van der Waals surface area contributed by atoms with Crippen LogP contribution in [0.25, 0.3) is 0 Å². The summed E-state index contributed by atoms with van der Waals surface area (Å²) in [7, 11) is -1.27. The minimum atomic E-state index is -2.91. The second-order valence-electron chi connectivity index (χ2n) is 5.49. The third-order valence-corrected chi connectivity index (χ3v) is 5.83. The molecule has 6 heteroatoms. The molecule has 1 aromatic carbocycles. The Morgan fingerprint density at radius 1 is 1.35 bits per heavy atom. The minimum absolute atomic E-state index is 0.0245. The van der Waals surface area contributed by atoms with Gasteiger partial charge in [-0.25, -0.2) is 8.42 Å². The fraction of sp³-hybridized carbons (Fsp3) is 0.571. The predicted molar refractivity (Wildman–Crippen MR) is 79.3 cm³/mol. The summed E-state index contributed by atoms with van der Waals surface area (Å²) < 4.78 is 28.6. The van der Waals surface area contributed by atoms with Gasteiger partial charge in [0.2, 0.25) is 0 Å². The second-order valence-corrected chi connectivity index (χ2v) is 7.71. The predicted octanol–water partition coefficient (Wildman–Crippen LogP) is 1.25. The van der Waals surface area contributed by atoms with Crippen LogP contribution in [0.4, 0.5) is 0 Å². The molecule has 2 unspecified atom stereocenters. The first-order valence-corrected chi connectivity index (χ1v) is 8.51. The van der Waals surface area contributed by atoms with E-state index in [4.69, 9.17) is 10.6 Å². The molecule has 1 aliphatic heterocycles. The average Bonchev–Trinajstić information content (AvgIpc) is 2.74. The Bertz CT molecular complexity index is 599. The van der Waals surface area contributed by atoms with Gasteiger partial charge in [-0.3, -0.25) is 11.3 Å². The summed E-state index contributed by atoms with van der Waals surface area (Å²) in [5, 5.41) is 0. The van der Waals surface area contributed by atoms with E-state index in [0.29, 0.717) is 6.42 Å². The van der Waals surface area contributed by atoms with E-state index in [9.17, 15) is 8.42 Å². The van der Waals surface area contributed by atoms with Crippen molar-refractivity contribution in [1.82, 2.24) is 5.43 Å². The Labute approximate surface area is 120 Å². The summed E-state index contributed by atoms with van der Waals surface area (Å²) in [6.07, 6.45) is 0.654. The zero-order valence-corrected chi connectivity index (χ0v) is 13.0. The van der Waals surface area contributed by atoms with Crippen molar-refractivity contribution in [3.8, 4) is 5.75 Å². The van der Waals surface area contributed by atoms with Crippen molar-refractivity contribution in [2.45, 2.75) is 26.3 Å². The number of ether oxygens (including phenoxy) is 1. The smallest absolute Gasteiger partial charge is 0.150 e. The van der Waals surface area contributed by atoms with Crippen molar-refractivity contribution in [3.05, 3.63) is 28.8 Å². The van der Waals surface area contributed by atoms with E-state index < -0.39 is 9.84 Å². The number of sulfone groups is 1. The third-order valence-electron chi connectivity index (χ3n) is 4.04. The molecule has 1 aromatic rings. The molecule has 0 aliphatic carbocycles. The molecule has 112 valence electrons. The van der Waals surface area contributed by atoms with Gasteiger partial charge in [-0.15, -0.1) is 0 Å². The summed E-state index contributed by atoms with van der Waals surface area (Å²) in [5.41, 5.74) is 5.92. The van der Waals surface area contributed by atoms with Gasteiger partial charge in [0.15, 0.2) is 9.84 Å². The maximum Gasteiger partial charge on any atom is 0.150 e. The van der Waals surface area contributed by atoms with Gasteiger partial charge in [0.05, 0.1) is 24.7 Å². The average molecular weight is 298 g/mol. The van der Waals surface area contributed by atoms with Crippen LogP contribution in [0.1, 0.15) is 29.2 Å². The molecule has 1 aliphatic rings. The van der Waals surface area contributed by atoms with Crippen LogP contribution in [-0.2, 0) is 9.84 Å². The summed E-state index contributed by atoms with van der Waals surface area (Å²) in [6.45, 7) is 3.96. The lowest BCUT2D eigenvalue weighted by Crippen LogP contribution is -2.34. The minimum Gasteiger partial charge on any atom is -0.496 e. The van der Waals surface area contributed by atoms with E-state index in [1.54, 1.807) is 7.11 Å². The molecule has 3 N–H and O–H groups in total. The molecule has 1 fully saturated rings. The zero-order valence-electron chi connectivity index (χ0n) is 12.1. The molecule has 1 heterocycles. The number of hydrogen-bond donors (Lipinski definition) is 2. The van der Waals surface area contributed by atoms with Crippen LogP contribution in [0.3, 0.4) is 0 Å². The van der Waals surface area contributed by atoms with E-state index >= 15 is 0 Å². The zero-order chi connectivity index (χ0) is 14.9. The quantitative estimate of drug-likeness (QED) is 0.646. The van der Waals surface area contributed by atoms with Crippen LogP contribution in [0.15, 0.2) is 12.1 Å². The standard InChI is InChI=1S/C14H22N2O3S/c1-9-7-13(19-3)10(2)6-12(9)14(16-15)11-4-5-20(17,18)8-11/h6-7,11,14,16H,4-5,8,15H2,1-3H3. The van der Waals surface area contributed by atoms with E-state index in [0.717, 1.165) is 22.4 Å². The molecule has 0 spiro atoms. The van der Waals surface area contributed by atoms with E-state index in [-0.39, 0.29) is 23.5 Å². The molecule has 5 nitrogen and oxygen atoms in total. The molecule has 2 rings (SSSR count). The van der Waals surface area contributed by atoms with Crippen LogP contribution in [-0.4, -0.2) is 27.0 Å². The molecule has 0 aromatic heterocycles. The lowest BCUT2D eigenvalue weighted by molar-refractivity contribution is 0.393. The number of hydrazine groups is 1. The highest BCUT2D eigenvalue weighted by molar-refractivity contribution is 7.91. The van der Waals surface area contributed by atoms with Crippen molar-refractivity contribution < 1.29 is 13.2 Å².